The van der Waals surface area contributed by atoms with Crippen molar-refractivity contribution < 1.29 is 24.3 Å². The number of nitrogens with zero attached hydrogens (tertiary/aromatic N) is 2. The van der Waals surface area contributed by atoms with E-state index < -0.39 is 29.9 Å². The van der Waals surface area contributed by atoms with Crippen molar-refractivity contribution in [3.05, 3.63) is 82.3 Å². The second-order valence-corrected chi connectivity index (χ2v) is 8.74. The van der Waals surface area contributed by atoms with E-state index in [1.54, 1.807) is 36.4 Å². The van der Waals surface area contributed by atoms with Crippen molar-refractivity contribution >= 4 is 46.4 Å². The van der Waals surface area contributed by atoms with Gasteiger partial charge in [0, 0.05) is 10.6 Å². The van der Waals surface area contributed by atoms with Crippen LogP contribution in [0.2, 0.25) is 10.0 Å². The summed E-state index contributed by atoms with van der Waals surface area (Å²) < 4.78 is 5.65. The molecule has 2 amide bonds. The number of phenols is 1. The lowest BCUT2D eigenvalue weighted by molar-refractivity contribution is -0.126. The van der Waals surface area contributed by atoms with E-state index in [9.17, 15) is 14.7 Å². The monoisotopic (exact) mass is 498 g/mol. The zero-order chi connectivity index (χ0) is 24.0. The number of amides is 2. The van der Waals surface area contributed by atoms with E-state index in [1.807, 2.05) is 25.1 Å². The average Bonchev–Trinajstić information content (AvgIpc) is 3.33. The molecule has 0 spiro atoms. The number of rotatable bonds is 5. The molecule has 5 rings (SSSR count). The van der Waals surface area contributed by atoms with Crippen molar-refractivity contribution in [1.82, 2.24) is 0 Å². The second kappa shape index (κ2) is 8.83. The Morgan fingerprint density at radius 1 is 1.00 bits per heavy atom. The van der Waals surface area contributed by atoms with Crippen LogP contribution in [0.3, 0.4) is 0 Å². The first-order valence-corrected chi connectivity index (χ1v) is 11.5. The standard InChI is InChI=1S/C25H20Cl2N2O5/c1-2-33-19-11-7-6-10-18(19)28-24(31)20-21(16-12-14(26)13-17(27)22(16)30)29(34-23(20)25(28)32)15-8-4-3-5-9-15/h3-13,20-21,23,30H,2H2,1H3/t20-,21+,23-/m1/s1. The summed E-state index contributed by atoms with van der Waals surface area (Å²) in [5, 5.41) is 12.6. The maximum Gasteiger partial charge on any atom is 0.266 e. The molecule has 3 aromatic carbocycles. The number of phenolic OH excluding ortho intramolecular Hbond substituents is 1. The van der Waals surface area contributed by atoms with Gasteiger partial charge in [-0.05, 0) is 43.3 Å². The van der Waals surface area contributed by atoms with Gasteiger partial charge in [0.1, 0.15) is 17.4 Å². The number of hydrogen-bond acceptors (Lipinski definition) is 6. The van der Waals surface area contributed by atoms with Crippen LogP contribution in [-0.4, -0.2) is 29.6 Å². The number of hydroxylamine groups is 1. The number of anilines is 2. The zero-order valence-corrected chi connectivity index (χ0v) is 19.5. The Morgan fingerprint density at radius 3 is 2.44 bits per heavy atom. The van der Waals surface area contributed by atoms with E-state index in [4.69, 9.17) is 32.8 Å². The van der Waals surface area contributed by atoms with E-state index >= 15 is 0 Å². The Morgan fingerprint density at radius 2 is 1.71 bits per heavy atom. The predicted octanol–water partition coefficient (Wildman–Crippen LogP) is 5.15. The summed E-state index contributed by atoms with van der Waals surface area (Å²) in [6.07, 6.45) is -1.11. The van der Waals surface area contributed by atoms with Gasteiger partial charge in [0.15, 0.2) is 6.10 Å². The van der Waals surface area contributed by atoms with E-state index in [0.29, 0.717) is 23.7 Å². The fraction of sp³-hybridized carbons (Fsp3) is 0.200. The molecule has 9 heteroatoms. The minimum Gasteiger partial charge on any atom is -0.506 e. The molecule has 2 fully saturated rings. The molecule has 2 aliphatic heterocycles. The zero-order valence-electron chi connectivity index (χ0n) is 18.0. The summed E-state index contributed by atoms with van der Waals surface area (Å²) in [4.78, 5) is 34.5. The first-order valence-electron chi connectivity index (χ1n) is 10.7. The third kappa shape index (κ3) is 3.57. The normalized spacial score (nSPS) is 21.8. The molecule has 0 aromatic heterocycles. The smallest absolute Gasteiger partial charge is 0.266 e. The van der Waals surface area contributed by atoms with Crippen LogP contribution in [-0.2, 0) is 14.4 Å². The fourth-order valence-corrected chi connectivity index (χ4v) is 5.01. The molecule has 34 heavy (non-hydrogen) atoms. The number of halogens is 2. The Hall–Kier alpha value is -3.26. The fourth-order valence-electron chi connectivity index (χ4n) is 4.50. The second-order valence-electron chi connectivity index (χ2n) is 7.90. The van der Waals surface area contributed by atoms with Crippen molar-refractivity contribution in [2.75, 3.05) is 16.6 Å². The number of hydrogen-bond donors (Lipinski definition) is 1. The van der Waals surface area contributed by atoms with Crippen molar-refractivity contribution in [3.63, 3.8) is 0 Å². The van der Waals surface area contributed by atoms with Crippen molar-refractivity contribution in [2.24, 2.45) is 5.92 Å². The summed E-state index contributed by atoms with van der Waals surface area (Å²) >= 11 is 12.5. The number of carbonyl (C=O) groups is 2. The molecule has 3 aromatic rings. The van der Waals surface area contributed by atoms with Gasteiger partial charge >= 0.3 is 0 Å². The highest BCUT2D eigenvalue weighted by atomic mass is 35.5. The lowest BCUT2D eigenvalue weighted by Crippen LogP contribution is -2.37. The molecule has 0 radical (unpaired) electrons. The summed E-state index contributed by atoms with van der Waals surface area (Å²) in [5.74, 6) is -1.76. The minimum absolute atomic E-state index is 0.0364. The molecule has 2 saturated heterocycles. The number of para-hydroxylation sites is 3. The number of benzene rings is 3. The molecular weight excluding hydrogens is 479 g/mol. The number of imide groups is 1. The third-order valence-electron chi connectivity index (χ3n) is 5.91. The van der Waals surface area contributed by atoms with Gasteiger partial charge in [-0.1, -0.05) is 53.5 Å². The van der Waals surface area contributed by atoms with Crippen LogP contribution >= 0.6 is 23.2 Å². The maximum absolute atomic E-state index is 13.8. The SMILES string of the molecule is CCOc1ccccc1N1C(=O)[C@H]2[C@@H](ON(c3ccccc3)[C@H]2c2cc(Cl)cc(Cl)c2O)C1=O. The molecule has 1 N–H and O–H groups in total. The molecule has 2 heterocycles. The Labute approximate surface area is 206 Å². The maximum atomic E-state index is 13.8. The number of carbonyl (C=O) groups excluding carboxylic acids is 2. The van der Waals surface area contributed by atoms with Crippen LogP contribution < -0.4 is 14.7 Å². The van der Waals surface area contributed by atoms with Gasteiger partial charge in [0.25, 0.3) is 5.91 Å². The highest BCUT2D eigenvalue weighted by Crippen LogP contribution is 2.51. The summed E-state index contributed by atoms with van der Waals surface area (Å²) in [6.45, 7) is 2.19. The van der Waals surface area contributed by atoms with E-state index in [-0.39, 0.29) is 21.4 Å². The molecule has 0 saturated carbocycles. The molecule has 3 atom stereocenters. The van der Waals surface area contributed by atoms with Gasteiger partial charge < -0.3 is 9.84 Å². The van der Waals surface area contributed by atoms with Crippen LogP contribution in [0.5, 0.6) is 11.5 Å². The lowest BCUT2D eigenvalue weighted by Gasteiger charge is -2.29. The Balaban J connectivity index is 1.64. The summed E-state index contributed by atoms with van der Waals surface area (Å²) in [7, 11) is 0. The highest BCUT2D eigenvalue weighted by molar-refractivity contribution is 6.35. The van der Waals surface area contributed by atoms with E-state index in [0.717, 1.165) is 4.90 Å². The van der Waals surface area contributed by atoms with Crippen molar-refractivity contribution in [2.45, 2.75) is 19.1 Å². The third-order valence-corrected chi connectivity index (χ3v) is 6.41. The Kier molecular flexibility index (Phi) is 5.85. The number of aromatic hydroxyl groups is 1. The molecule has 0 bridgehead atoms. The van der Waals surface area contributed by atoms with Crippen LogP contribution in [0.15, 0.2) is 66.7 Å². The van der Waals surface area contributed by atoms with Gasteiger partial charge in [0.05, 0.1) is 29.0 Å². The highest BCUT2D eigenvalue weighted by Gasteiger charge is 2.61. The molecular formula is C25H20Cl2N2O5. The summed E-state index contributed by atoms with van der Waals surface area (Å²) in [5.41, 5.74) is 1.24. The first-order chi connectivity index (χ1) is 16.4. The van der Waals surface area contributed by atoms with Crippen LogP contribution in [0.4, 0.5) is 11.4 Å². The molecule has 0 aliphatic carbocycles. The van der Waals surface area contributed by atoms with Crippen LogP contribution in [0.1, 0.15) is 18.5 Å². The average molecular weight is 499 g/mol. The first kappa shape index (κ1) is 22.5. The Bertz CT molecular complexity index is 1270. The largest absolute Gasteiger partial charge is 0.506 e. The number of ether oxygens (including phenoxy) is 1. The van der Waals surface area contributed by atoms with E-state index in [1.165, 1.54) is 17.2 Å². The van der Waals surface area contributed by atoms with Gasteiger partial charge in [-0.25, -0.2) is 9.96 Å². The van der Waals surface area contributed by atoms with Crippen LogP contribution in [0.25, 0.3) is 0 Å². The van der Waals surface area contributed by atoms with E-state index in [2.05, 4.69) is 0 Å². The van der Waals surface area contributed by atoms with Crippen molar-refractivity contribution in [3.8, 4) is 11.5 Å². The molecule has 174 valence electrons. The quantitative estimate of drug-likeness (QED) is 0.490. The van der Waals surface area contributed by atoms with Gasteiger partial charge in [0.2, 0.25) is 5.91 Å². The molecule has 0 unspecified atom stereocenters. The molecule has 2 aliphatic rings. The predicted molar refractivity (Wildman–Crippen MR) is 128 cm³/mol. The minimum atomic E-state index is -1.11. The number of fused-ring (bicyclic) bond motifs is 1. The molecule has 7 nitrogen and oxygen atoms in total. The van der Waals surface area contributed by atoms with Gasteiger partial charge in [-0.15, -0.1) is 0 Å². The topological polar surface area (TPSA) is 79.3 Å². The van der Waals surface area contributed by atoms with Gasteiger partial charge in [-0.3, -0.25) is 14.4 Å². The van der Waals surface area contributed by atoms with Crippen LogP contribution in [0, 0.1) is 5.92 Å². The lowest BCUT2D eigenvalue weighted by atomic mass is 9.90. The van der Waals surface area contributed by atoms with Gasteiger partial charge in [-0.2, -0.15) is 0 Å². The summed E-state index contributed by atoms with van der Waals surface area (Å²) in [6, 6.07) is 18.0. The van der Waals surface area contributed by atoms with Crippen molar-refractivity contribution in [1.29, 1.82) is 0 Å².